The van der Waals surface area contributed by atoms with E-state index in [0.29, 0.717) is 22.0 Å². The maximum Gasteiger partial charge on any atom is 0.367 e. The van der Waals surface area contributed by atoms with Crippen LogP contribution in [0, 0.1) is 6.92 Å². The van der Waals surface area contributed by atoms with Gasteiger partial charge in [-0.1, -0.05) is 29.0 Å². The Balaban J connectivity index is 1.80. The van der Waals surface area contributed by atoms with E-state index in [2.05, 4.69) is 45.0 Å². The molecule has 0 spiro atoms. The molecular formula is C17H16N4O2S. The monoisotopic (exact) mass is 340 g/mol. The smallest absolute Gasteiger partial charge is 0.367 e. The van der Waals surface area contributed by atoms with E-state index in [1.807, 2.05) is 0 Å². The van der Waals surface area contributed by atoms with Crippen molar-refractivity contribution in [3.05, 3.63) is 40.7 Å². The topological polar surface area (TPSA) is 68.2 Å². The van der Waals surface area contributed by atoms with Crippen LogP contribution in [0.3, 0.4) is 0 Å². The van der Waals surface area contributed by atoms with Gasteiger partial charge in [0.25, 0.3) is 0 Å². The number of hydrogen-bond acceptors (Lipinski definition) is 7. The number of aromatic nitrogens is 3. The number of carbonyl (C=O) groups is 1. The lowest BCUT2D eigenvalue weighted by Crippen LogP contribution is -2.15. The largest absolute Gasteiger partial charge is 0.461 e. The van der Waals surface area contributed by atoms with Crippen molar-refractivity contribution in [1.29, 1.82) is 0 Å². The van der Waals surface area contributed by atoms with Gasteiger partial charge in [-0.2, -0.15) is 0 Å². The predicted octanol–water partition coefficient (Wildman–Crippen LogP) is 3.27. The molecule has 0 saturated carbocycles. The number of esters is 1. The minimum atomic E-state index is -0.413. The Bertz CT molecular complexity index is 937. The second-order valence-electron chi connectivity index (χ2n) is 5.62. The Morgan fingerprint density at radius 2 is 2.25 bits per heavy atom. The Kier molecular flexibility index (Phi) is 3.65. The van der Waals surface area contributed by atoms with Crippen molar-refractivity contribution in [2.45, 2.75) is 20.3 Å². The first kappa shape index (κ1) is 15.0. The lowest BCUT2D eigenvalue weighted by Gasteiger charge is -2.18. The first-order valence-electron chi connectivity index (χ1n) is 7.83. The van der Waals surface area contributed by atoms with Gasteiger partial charge in [-0.25, -0.2) is 19.7 Å². The number of hydrogen-bond donors (Lipinski definition) is 0. The number of rotatable bonds is 3. The molecule has 0 radical (unpaired) electrons. The number of aryl methyl sites for hydroxylation is 1. The van der Waals surface area contributed by atoms with E-state index in [1.165, 1.54) is 28.8 Å². The molecule has 0 saturated heterocycles. The maximum absolute atomic E-state index is 11.9. The molecule has 0 atom stereocenters. The van der Waals surface area contributed by atoms with E-state index in [4.69, 9.17) is 4.74 Å². The van der Waals surface area contributed by atoms with Crippen molar-refractivity contribution in [3.63, 3.8) is 0 Å². The zero-order chi connectivity index (χ0) is 16.7. The number of fused-ring (bicyclic) bond motifs is 2. The Hall–Kier alpha value is -2.54. The summed E-state index contributed by atoms with van der Waals surface area (Å²) in [6.07, 6.45) is 2.49. The minimum Gasteiger partial charge on any atom is -0.461 e. The third-order valence-electron chi connectivity index (χ3n) is 4.01. The first-order chi connectivity index (χ1) is 11.7. The molecule has 122 valence electrons. The summed E-state index contributed by atoms with van der Waals surface area (Å²) in [5, 5.41) is 0.317. The number of carbonyl (C=O) groups excluding carboxylic acids is 1. The van der Waals surface area contributed by atoms with E-state index in [9.17, 15) is 4.79 Å². The van der Waals surface area contributed by atoms with Gasteiger partial charge in [-0.3, -0.25) is 0 Å². The van der Waals surface area contributed by atoms with Gasteiger partial charge in [0, 0.05) is 12.2 Å². The predicted molar refractivity (Wildman–Crippen MR) is 93.1 cm³/mol. The highest BCUT2D eigenvalue weighted by Crippen LogP contribution is 2.37. The van der Waals surface area contributed by atoms with E-state index < -0.39 is 5.97 Å². The fourth-order valence-electron chi connectivity index (χ4n) is 2.97. The van der Waals surface area contributed by atoms with Crippen LogP contribution in [0.5, 0.6) is 0 Å². The number of ether oxygens (including phenoxy) is 1. The highest BCUT2D eigenvalue weighted by atomic mass is 32.1. The molecule has 24 heavy (non-hydrogen) atoms. The molecule has 1 aliphatic heterocycles. The van der Waals surface area contributed by atoms with E-state index in [0.717, 1.165) is 24.5 Å². The summed E-state index contributed by atoms with van der Waals surface area (Å²) in [6, 6.07) is 6.42. The van der Waals surface area contributed by atoms with Crippen molar-refractivity contribution in [2.24, 2.45) is 0 Å². The molecule has 0 aliphatic carbocycles. The molecule has 0 amide bonds. The van der Waals surface area contributed by atoms with Crippen LogP contribution in [0.2, 0.25) is 0 Å². The molecule has 3 heterocycles. The van der Waals surface area contributed by atoms with Crippen molar-refractivity contribution in [1.82, 2.24) is 15.0 Å². The molecule has 2 aromatic heterocycles. The van der Waals surface area contributed by atoms with Gasteiger partial charge in [-0.15, -0.1) is 0 Å². The fourth-order valence-corrected chi connectivity index (χ4v) is 3.77. The standard InChI is InChI=1S/C17H16N4O2S/c1-3-23-17(22)16-20-13-14(18-9-19-15(13)24-16)21-7-6-11-8-10(2)4-5-12(11)21/h4-5,8-9H,3,6-7H2,1-2H3. The minimum absolute atomic E-state index is 0.317. The third-order valence-corrected chi connectivity index (χ3v) is 4.96. The van der Waals surface area contributed by atoms with Crippen LogP contribution in [0.25, 0.3) is 10.3 Å². The molecule has 3 aromatic rings. The van der Waals surface area contributed by atoms with Gasteiger partial charge in [-0.05, 0) is 31.9 Å². The van der Waals surface area contributed by atoms with Crippen LogP contribution < -0.4 is 4.90 Å². The van der Waals surface area contributed by atoms with Crippen LogP contribution in [0.4, 0.5) is 11.5 Å². The van der Waals surface area contributed by atoms with E-state index in [-0.39, 0.29) is 0 Å². The highest BCUT2D eigenvalue weighted by Gasteiger charge is 2.25. The Morgan fingerprint density at radius 1 is 1.38 bits per heavy atom. The molecule has 6 nitrogen and oxygen atoms in total. The van der Waals surface area contributed by atoms with Gasteiger partial charge in [0.15, 0.2) is 5.82 Å². The maximum atomic E-state index is 11.9. The van der Waals surface area contributed by atoms with Gasteiger partial charge >= 0.3 is 5.97 Å². The fraction of sp³-hybridized carbons (Fsp3) is 0.294. The summed E-state index contributed by atoms with van der Waals surface area (Å²) in [6.45, 7) is 5.04. The van der Waals surface area contributed by atoms with Gasteiger partial charge in [0.05, 0.1) is 6.61 Å². The number of anilines is 2. The summed E-state index contributed by atoms with van der Waals surface area (Å²) >= 11 is 1.24. The SMILES string of the molecule is CCOC(=O)c1nc2c(N3CCc4cc(C)ccc43)ncnc2s1. The average Bonchev–Trinajstić information content (AvgIpc) is 3.18. The quantitative estimate of drug-likeness (QED) is 0.682. The Labute approximate surface area is 143 Å². The van der Waals surface area contributed by atoms with Crippen molar-refractivity contribution >= 4 is 39.2 Å². The molecule has 0 N–H and O–H groups in total. The van der Waals surface area contributed by atoms with Crippen LogP contribution in [0.1, 0.15) is 27.9 Å². The molecule has 4 rings (SSSR count). The van der Waals surface area contributed by atoms with Gasteiger partial charge < -0.3 is 9.64 Å². The molecule has 0 bridgehead atoms. The third kappa shape index (κ3) is 2.41. The van der Waals surface area contributed by atoms with Crippen LogP contribution in [0.15, 0.2) is 24.5 Å². The van der Waals surface area contributed by atoms with Gasteiger partial charge in [0.1, 0.15) is 16.7 Å². The average molecular weight is 340 g/mol. The molecule has 0 unspecified atom stereocenters. The van der Waals surface area contributed by atoms with Crippen LogP contribution in [-0.4, -0.2) is 34.1 Å². The highest BCUT2D eigenvalue weighted by molar-refractivity contribution is 7.19. The van der Waals surface area contributed by atoms with Crippen molar-refractivity contribution in [2.75, 3.05) is 18.1 Å². The first-order valence-corrected chi connectivity index (χ1v) is 8.64. The van der Waals surface area contributed by atoms with Crippen LogP contribution in [-0.2, 0) is 11.2 Å². The normalized spacial score (nSPS) is 13.3. The summed E-state index contributed by atoms with van der Waals surface area (Å²) < 4.78 is 5.04. The Morgan fingerprint density at radius 3 is 3.08 bits per heavy atom. The molecule has 0 fully saturated rings. The summed E-state index contributed by atoms with van der Waals surface area (Å²) in [5.74, 6) is 0.332. The second-order valence-corrected chi connectivity index (χ2v) is 6.60. The summed E-state index contributed by atoms with van der Waals surface area (Å²) in [5.41, 5.74) is 4.36. The zero-order valence-corrected chi connectivity index (χ0v) is 14.3. The summed E-state index contributed by atoms with van der Waals surface area (Å²) in [4.78, 5) is 27.9. The number of nitrogens with zero attached hydrogens (tertiary/aromatic N) is 4. The number of benzene rings is 1. The molecular weight excluding hydrogens is 324 g/mol. The van der Waals surface area contributed by atoms with Crippen molar-refractivity contribution < 1.29 is 9.53 Å². The lowest BCUT2D eigenvalue weighted by molar-refractivity contribution is 0.0526. The lowest BCUT2D eigenvalue weighted by atomic mass is 10.1. The second kappa shape index (κ2) is 5.83. The van der Waals surface area contributed by atoms with Crippen molar-refractivity contribution in [3.8, 4) is 0 Å². The van der Waals surface area contributed by atoms with E-state index >= 15 is 0 Å². The molecule has 1 aliphatic rings. The molecule has 7 heteroatoms. The van der Waals surface area contributed by atoms with Gasteiger partial charge in [0.2, 0.25) is 5.01 Å². The van der Waals surface area contributed by atoms with Crippen LogP contribution >= 0.6 is 11.3 Å². The van der Waals surface area contributed by atoms with E-state index in [1.54, 1.807) is 6.92 Å². The molecule has 1 aromatic carbocycles. The summed E-state index contributed by atoms with van der Waals surface area (Å²) in [7, 11) is 0. The number of thiazole rings is 1. The zero-order valence-electron chi connectivity index (χ0n) is 13.4.